The summed E-state index contributed by atoms with van der Waals surface area (Å²) in [5.74, 6) is -0.0294. The number of piperazine rings is 1. The number of carbonyl (C=O) groups is 1. The second-order valence-electron chi connectivity index (χ2n) is 8.27. The highest BCUT2D eigenvalue weighted by molar-refractivity contribution is 5.73. The lowest BCUT2D eigenvalue weighted by Gasteiger charge is -2.40. The Morgan fingerprint density at radius 3 is 2.39 bits per heavy atom. The summed E-state index contributed by atoms with van der Waals surface area (Å²) in [6.07, 6.45) is -7.91. The standard InChI is InChI=1S/C23H19F6N5O4/c24-22(25,26)15-9-31-20(32-10-15)34-5-4-33(11-16(34)12-35)21(37)38-17-3-1-2-13(6-17)14-7-18(23(27,28)29)19(36)30-8-14/h1-3,6-10,16,35H,4-5,11-12H2,(H,30,36)/t16-/m1/s1. The molecule has 0 spiro atoms. The maximum absolute atomic E-state index is 13.1. The Morgan fingerprint density at radius 1 is 1.05 bits per heavy atom. The molecule has 1 amide bonds. The summed E-state index contributed by atoms with van der Waals surface area (Å²) in [6.45, 7) is -0.372. The van der Waals surface area contributed by atoms with Gasteiger partial charge in [0, 0.05) is 38.2 Å². The van der Waals surface area contributed by atoms with E-state index in [0.717, 1.165) is 6.20 Å². The van der Waals surface area contributed by atoms with Crippen LogP contribution in [0.15, 0.2) is 53.7 Å². The molecule has 2 N–H and O–H groups in total. The van der Waals surface area contributed by atoms with Crippen molar-refractivity contribution < 1.29 is 41.0 Å². The van der Waals surface area contributed by atoms with Gasteiger partial charge in [0.1, 0.15) is 11.3 Å². The fourth-order valence-corrected chi connectivity index (χ4v) is 3.82. The minimum Gasteiger partial charge on any atom is -0.410 e. The summed E-state index contributed by atoms with van der Waals surface area (Å²) in [6, 6.07) is 5.60. The Bertz CT molecular complexity index is 1360. The lowest BCUT2D eigenvalue weighted by Crippen LogP contribution is -2.57. The van der Waals surface area contributed by atoms with Crippen molar-refractivity contribution >= 4 is 12.0 Å². The third kappa shape index (κ3) is 5.88. The van der Waals surface area contributed by atoms with Crippen molar-refractivity contribution in [3.8, 4) is 16.9 Å². The van der Waals surface area contributed by atoms with Crippen LogP contribution >= 0.6 is 0 Å². The normalized spacial score (nSPS) is 16.4. The molecule has 1 fully saturated rings. The van der Waals surface area contributed by atoms with Gasteiger partial charge in [-0.3, -0.25) is 4.79 Å². The molecule has 9 nitrogen and oxygen atoms in total. The van der Waals surface area contributed by atoms with Crippen molar-refractivity contribution in [1.82, 2.24) is 19.9 Å². The maximum atomic E-state index is 13.1. The molecule has 0 aliphatic carbocycles. The van der Waals surface area contributed by atoms with E-state index >= 15 is 0 Å². The summed E-state index contributed by atoms with van der Waals surface area (Å²) >= 11 is 0. The molecule has 15 heteroatoms. The SMILES string of the molecule is O=C(Oc1cccc(-c2c[nH]c(=O)c(C(F)(F)F)c2)c1)N1CCN(c2ncc(C(F)(F)F)cn2)[C@@H](CO)C1. The molecule has 3 heterocycles. The zero-order valence-corrected chi connectivity index (χ0v) is 19.3. The first-order chi connectivity index (χ1) is 17.9. The van der Waals surface area contributed by atoms with Crippen molar-refractivity contribution in [1.29, 1.82) is 0 Å². The number of pyridine rings is 1. The van der Waals surface area contributed by atoms with Gasteiger partial charge in [-0.2, -0.15) is 26.3 Å². The van der Waals surface area contributed by atoms with Crippen LogP contribution in [-0.4, -0.2) is 63.3 Å². The molecule has 38 heavy (non-hydrogen) atoms. The number of aromatic nitrogens is 3. The number of hydrogen-bond donors (Lipinski definition) is 2. The van der Waals surface area contributed by atoms with Gasteiger partial charge in [0.2, 0.25) is 5.95 Å². The number of H-pyrrole nitrogens is 1. The van der Waals surface area contributed by atoms with Crippen LogP contribution in [0.4, 0.5) is 37.1 Å². The first-order valence-electron chi connectivity index (χ1n) is 11.0. The minimum atomic E-state index is -4.86. The molecule has 1 aliphatic rings. The number of hydrogen-bond acceptors (Lipinski definition) is 7. The first kappa shape index (κ1) is 26.9. The van der Waals surface area contributed by atoms with Crippen molar-refractivity contribution in [2.75, 3.05) is 31.1 Å². The summed E-state index contributed by atoms with van der Waals surface area (Å²) < 4.78 is 83.0. The summed E-state index contributed by atoms with van der Waals surface area (Å²) in [4.78, 5) is 36.5. The predicted octanol–water partition coefficient (Wildman–Crippen LogP) is 3.55. The van der Waals surface area contributed by atoms with E-state index in [1.807, 2.05) is 4.98 Å². The minimum absolute atomic E-state index is 0.0151. The first-order valence-corrected chi connectivity index (χ1v) is 11.0. The monoisotopic (exact) mass is 543 g/mol. The molecular weight excluding hydrogens is 524 g/mol. The van der Waals surface area contributed by atoms with E-state index in [1.54, 1.807) is 0 Å². The Balaban J connectivity index is 1.45. The molecule has 2 aromatic heterocycles. The molecule has 1 atom stereocenters. The lowest BCUT2D eigenvalue weighted by molar-refractivity contribution is -0.139. The molecule has 1 saturated heterocycles. The molecule has 1 aliphatic heterocycles. The zero-order valence-electron chi connectivity index (χ0n) is 19.3. The number of aliphatic hydroxyl groups is 1. The van der Waals surface area contributed by atoms with Gasteiger partial charge >= 0.3 is 18.4 Å². The molecule has 202 valence electrons. The van der Waals surface area contributed by atoms with Crippen molar-refractivity contribution in [3.05, 3.63) is 70.4 Å². The Labute approximate surface area is 210 Å². The van der Waals surface area contributed by atoms with Crippen molar-refractivity contribution in [2.45, 2.75) is 18.4 Å². The molecule has 0 radical (unpaired) electrons. The quantitative estimate of drug-likeness (QED) is 0.485. The van der Waals surface area contributed by atoms with E-state index < -0.39 is 47.8 Å². The van der Waals surface area contributed by atoms with E-state index in [9.17, 15) is 41.0 Å². The topological polar surface area (TPSA) is 112 Å². The van der Waals surface area contributed by atoms with E-state index in [4.69, 9.17) is 4.74 Å². The Kier molecular flexibility index (Phi) is 7.31. The van der Waals surface area contributed by atoms with Crippen LogP contribution in [0.25, 0.3) is 11.1 Å². The van der Waals surface area contributed by atoms with Crippen LogP contribution in [0.5, 0.6) is 5.75 Å². The average molecular weight is 543 g/mol. The van der Waals surface area contributed by atoms with Gasteiger partial charge in [-0.25, -0.2) is 14.8 Å². The largest absolute Gasteiger partial charge is 0.421 e. The highest BCUT2D eigenvalue weighted by Crippen LogP contribution is 2.31. The number of aliphatic hydroxyl groups excluding tert-OH is 1. The number of halogens is 6. The molecule has 3 aromatic rings. The highest BCUT2D eigenvalue weighted by atomic mass is 19.4. The van der Waals surface area contributed by atoms with E-state index in [-0.39, 0.29) is 42.5 Å². The van der Waals surface area contributed by atoms with E-state index in [1.165, 1.54) is 34.1 Å². The third-order valence-electron chi connectivity index (χ3n) is 5.76. The lowest BCUT2D eigenvalue weighted by atomic mass is 10.1. The van der Waals surface area contributed by atoms with Crippen LogP contribution in [0.1, 0.15) is 11.1 Å². The van der Waals surface area contributed by atoms with E-state index in [2.05, 4.69) is 9.97 Å². The van der Waals surface area contributed by atoms with Gasteiger partial charge < -0.3 is 24.6 Å². The second-order valence-corrected chi connectivity index (χ2v) is 8.27. The van der Waals surface area contributed by atoms with Gasteiger partial charge in [-0.1, -0.05) is 12.1 Å². The van der Waals surface area contributed by atoms with Crippen molar-refractivity contribution in [3.63, 3.8) is 0 Å². The van der Waals surface area contributed by atoms with Crippen LogP contribution < -0.4 is 15.2 Å². The van der Waals surface area contributed by atoms with Gasteiger partial charge in [0.15, 0.2) is 0 Å². The number of ether oxygens (including phenoxy) is 1. The number of nitrogens with one attached hydrogen (secondary N) is 1. The number of amides is 1. The predicted molar refractivity (Wildman–Crippen MR) is 120 cm³/mol. The molecule has 0 unspecified atom stereocenters. The maximum Gasteiger partial charge on any atom is 0.421 e. The molecule has 4 rings (SSSR count). The van der Waals surface area contributed by atoms with Crippen LogP contribution in [0, 0.1) is 0 Å². The van der Waals surface area contributed by atoms with Gasteiger partial charge in [0.05, 0.1) is 18.2 Å². The summed E-state index contributed by atoms with van der Waals surface area (Å²) in [7, 11) is 0. The Morgan fingerprint density at radius 2 is 1.76 bits per heavy atom. The fourth-order valence-electron chi connectivity index (χ4n) is 3.82. The highest BCUT2D eigenvalue weighted by Gasteiger charge is 2.35. The third-order valence-corrected chi connectivity index (χ3v) is 5.76. The number of anilines is 1. The number of carbonyl (C=O) groups excluding carboxylic acids is 1. The van der Waals surface area contributed by atoms with Gasteiger partial charge in [-0.05, 0) is 29.3 Å². The zero-order chi connectivity index (χ0) is 27.7. The molecular formula is C23H19F6N5O4. The van der Waals surface area contributed by atoms with Crippen LogP contribution in [-0.2, 0) is 12.4 Å². The Hall–Kier alpha value is -4.14. The molecule has 0 saturated carbocycles. The van der Waals surface area contributed by atoms with Crippen LogP contribution in [0.3, 0.4) is 0 Å². The average Bonchev–Trinajstić information content (AvgIpc) is 2.87. The van der Waals surface area contributed by atoms with Crippen LogP contribution in [0.2, 0.25) is 0 Å². The fraction of sp³-hybridized carbons (Fsp3) is 0.304. The number of benzene rings is 1. The molecule has 0 bridgehead atoms. The molecule has 1 aromatic carbocycles. The van der Waals surface area contributed by atoms with Crippen molar-refractivity contribution in [2.24, 2.45) is 0 Å². The number of rotatable bonds is 4. The smallest absolute Gasteiger partial charge is 0.410 e. The summed E-state index contributed by atoms with van der Waals surface area (Å²) in [5, 5.41) is 9.80. The van der Waals surface area contributed by atoms with E-state index in [0.29, 0.717) is 18.5 Å². The number of aromatic amines is 1. The van der Waals surface area contributed by atoms with Gasteiger partial charge in [-0.15, -0.1) is 0 Å². The summed E-state index contributed by atoms with van der Waals surface area (Å²) in [5.41, 5.74) is -3.40. The number of alkyl halides is 6. The second kappa shape index (κ2) is 10.3. The van der Waals surface area contributed by atoms with Gasteiger partial charge in [0.25, 0.3) is 5.56 Å². The number of nitrogens with zero attached hydrogens (tertiary/aromatic N) is 4.